The van der Waals surface area contributed by atoms with Gasteiger partial charge in [0.1, 0.15) is 6.04 Å². The van der Waals surface area contributed by atoms with Crippen LogP contribution in [0.25, 0.3) is 11.0 Å². The summed E-state index contributed by atoms with van der Waals surface area (Å²) in [6.07, 6.45) is 3.29. The maximum atomic E-state index is 12.2. The molecule has 8 heteroatoms. The molecule has 0 saturated carbocycles. The molecule has 0 spiro atoms. The highest BCUT2D eigenvalue weighted by atomic mass is 32.2. The largest absolute Gasteiger partial charge is 0.253 e. The maximum absolute atomic E-state index is 12.2. The average molecular weight is 358 g/mol. The number of benzene rings is 1. The van der Waals surface area contributed by atoms with Crippen LogP contribution in [0.15, 0.2) is 53.1 Å². The molecule has 122 valence electrons. The Kier molecular flexibility index (Phi) is 3.58. The molecule has 1 aliphatic heterocycles. The van der Waals surface area contributed by atoms with E-state index in [4.69, 9.17) is 0 Å². The molecule has 4 rings (SSSR count). The molecule has 24 heavy (non-hydrogen) atoms. The lowest BCUT2D eigenvalue weighted by atomic mass is 10.1. The molecule has 6 nitrogen and oxygen atoms in total. The third-order valence-corrected chi connectivity index (χ3v) is 5.76. The first-order chi connectivity index (χ1) is 11.5. The fourth-order valence-electron chi connectivity index (χ4n) is 2.74. The molecular weight excluding hydrogens is 344 g/mol. The van der Waals surface area contributed by atoms with Crippen LogP contribution in [0, 0.1) is 0 Å². The van der Waals surface area contributed by atoms with Crippen molar-refractivity contribution in [1.82, 2.24) is 14.4 Å². The number of rotatable bonds is 3. The van der Waals surface area contributed by atoms with Gasteiger partial charge in [-0.1, -0.05) is 18.2 Å². The molecular formula is C16H14N4O2S2. The van der Waals surface area contributed by atoms with Gasteiger partial charge in [0.05, 0.1) is 39.8 Å². The van der Waals surface area contributed by atoms with Crippen LogP contribution < -0.4 is 0 Å². The Morgan fingerprint density at radius 2 is 1.96 bits per heavy atom. The van der Waals surface area contributed by atoms with Crippen molar-refractivity contribution in [1.29, 1.82) is 0 Å². The van der Waals surface area contributed by atoms with E-state index in [1.54, 1.807) is 17.5 Å². The van der Waals surface area contributed by atoms with E-state index in [1.165, 1.54) is 0 Å². The average Bonchev–Trinajstić information content (AvgIpc) is 3.23. The summed E-state index contributed by atoms with van der Waals surface area (Å²) in [5.74, 6) is 0. The molecule has 0 radical (unpaired) electrons. The maximum Gasteiger partial charge on any atom is 0.247 e. The first kappa shape index (κ1) is 15.2. The standard InChI is InChI=1S/C16H14N4O2S2/c1-24(21,22)20-15(9-13(19-20)16-7-4-8-23-16)14-10-17-11-5-2-3-6-12(11)18-14/h2-8,10,15H,9H2,1H3. The minimum atomic E-state index is -3.49. The van der Waals surface area contributed by atoms with Crippen LogP contribution in [0.2, 0.25) is 0 Å². The number of hydrazone groups is 1. The number of para-hydroxylation sites is 2. The number of thiophene rings is 1. The first-order valence-electron chi connectivity index (χ1n) is 7.35. The lowest BCUT2D eigenvalue weighted by Gasteiger charge is -2.20. The summed E-state index contributed by atoms with van der Waals surface area (Å²) in [7, 11) is -3.49. The molecule has 3 aromatic rings. The van der Waals surface area contributed by atoms with Gasteiger partial charge in [0.25, 0.3) is 0 Å². The van der Waals surface area contributed by atoms with Crippen LogP contribution in [0.4, 0.5) is 0 Å². The zero-order valence-electron chi connectivity index (χ0n) is 12.8. The molecule has 0 amide bonds. The van der Waals surface area contributed by atoms with E-state index in [1.807, 2.05) is 41.8 Å². The van der Waals surface area contributed by atoms with E-state index in [0.717, 1.165) is 32.3 Å². The predicted molar refractivity (Wildman–Crippen MR) is 94.4 cm³/mol. The second kappa shape index (κ2) is 5.64. The van der Waals surface area contributed by atoms with E-state index < -0.39 is 16.1 Å². The van der Waals surface area contributed by atoms with Crippen molar-refractivity contribution in [3.8, 4) is 0 Å². The van der Waals surface area contributed by atoms with E-state index in [2.05, 4.69) is 15.1 Å². The molecule has 1 atom stereocenters. The lowest BCUT2D eigenvalue weighted by molar-refractivity contribution is 0.368. The van der Waals surface area contributed by atoms with Crippen molar-refractivity contribution in [2.75, 3.05) is 6.26 Å². The minimum absolute atomic E-state index is 0.464. The third kappa shape index (κ3) is 2.67. The van der Waals surface area contributed by atoms with Crippen molar-refractivity contribution in [3.05, 3.63) is 58.5 Å². The highest BCUT2D eigenvalue weighted by molar-refractivity contribution is 7.88. The number of hydrogen-bond acceptors (Lipinski definition) is 6. The molecule has 0 saturated heterocycles. The first-order valence-corrected chi connectivity index (χ1v) is 10.1. The Hall–Kier alpha value is -2.32. The molecule has 1 aliphatic rings. The minimum Gasteiger partial charge on any atom is -0.253 e. The van der Waals surface area contributed by atoms with E-state index >= 15 is 0 Å². The molecule has 3 heterocycles. The van der Waals surface area contributed by atoms with E-state index in [0.29, 0.717) is 12.1 Å². The topological polar surface area (TPSA) is 75.5 Å². The summed E-state index contributed by atoms with van der Waals surface area (Å²) in [6, 6.07) is 10.9. The normalized spacial score (nSPS) is 18.1. The number of aromatic nitrogens is 2. The molecule has 0 fully saturated rings. The molecule has 2 aromatic heterocycles. The highest BCUT2D eigenvalue weighted by Gasteiger charge is 2.36. The second-order valence-corrected chi connectivity index (χ2v) is 8.35. The number of fused-ring (bicyclic) bond motifs is 1. The fraction of sp³-hybridized carbons (Fsp3) is 0.188. The van der Waals surface area contributed by atoms with Crippen LogP contribution in [0.5, 0.6) is 0 Å². The molecule has 0 N–H and O–H groups in total. The molecule has 0 bridgehead atoms. The molecule has 0 aliphatic carbocycles. The smallest absolute Gasteiger partial charge is 0.247 e. The highest BCUT2D eigenvalue weighted by Crippen LogP contribution is 2.34. The van der Waals surface area contributed by atoms with Crippen molar-refractivity contribution < 1.29 is 8.42 Å². The Labute approximate surface area is 143 Å². The van der Waals surface area contributed by atoms with Crippen molar-refractivity contribution in [3.63, 3.8) is 0 Å². The van der Waals surface area contributed by atoms with E-state index in [-0.39, 0.29) is 0 Å². The van der Waals surface area contributed by atoms with Gasteiger partial charge >= 0.3 is 0 Å². The molecule has 1 unspecified atom stereocenters. The SMILES string of the molecule is CS(=O)(=O)N1N=C(c2cccs2)CC1c1cnc2ccccc2n1. The van der Waals surface area contributed by atoms with Gasteiger partial charge in [0.15, 0.2) is 0 Å². The van der Waals surface area contributed by atoms with Gasteiger partial charge in [-0.25, -0.2) is 13.4 Å². The van der Waals surface area contributed by atoms with Gasteiger partial charge in [-0.3, -0.25) is 4.98 Å². The monoisotopic (exact) mass is 358 g/mol. The van der Waals surface area contributed by atoms with Gasteiger partial charge < -0.3 is 0 Å². The summed E-state index contributed by atoms with van der Waals surface area (Å²) < 4.78 is 25.5. The number of sulfonamides is 1. The predicted octanol–water partition coefficient (Wildman–Crippen LogP) is 2.80. The zero-order chi connectivity index (χ0) is 16.7. The van der Waals surface area contributed by atoms with Crippen molar-refractivity contribution in [2.24, 2.45) is 5.10 Å². The van der Waals surface area contributed by atoms with Crippen LogP contribution in [0.3, 0.4) is 0 Å². The lowest BCUT2D eigenvalue weighted by Crippen LogP contribution is -2.26. The van der Waals surface area contributed by atoms with Crippen LogP contribution in [-0.2, 0) is 10.0 Å². The van der Waals surface area contributed by atoms with Crippen molar-refractivity contribution >= 4 is 38.1 Å². The van der Waals surface area contributed by atoms with Gasteiger partial charge in [-0.05, 0) is 23.6 Å². The molecule has 1 aromatic carbocycles. The van der Waals surface area contributed by atoms with Gasteiger partial charge in [0.2, 0.25) is 10.0 Å². The van der Waals surface area contributed by atoms with Crippen LogP contribution in [-0.4, -0.2) is 34.8 Å². The summed E-state index contributed by atoms with van der Waals surface area (Å²) >= 11 is 1.54. The van der Waals surface area contributed by atoms with E-state index in [9.17, 15) is 8.42 Å². The summed E-state index contributed by atoms with van der Waals surface area (Å²) in [6.45, 7) is 0. The number of hydrogen-bond donors (Lipinski definition) is 0. The number of nitrogens with zero attached hydrogens (tertiary/aromatic N) is 4. The van der Waals surface area contributed by atoms with Crippen LogP contribution >= 0.6 is 11.3 Å². The third-order valence-electron chi connectivity index (χ3n) is 3.83. The van der Waals surface area contributed by atoms with Gasteiger partial charge in [-0.15, -0.1) is 11.3 Å². The fourth-order valence-corrected chi connectivity index (χ4v) is 4.35. The summed E-state index contributed by atoms with van der Waals surface area (Å²) in [4.78, 5) is 9.97. The summed E-state index contributed by atoms with van der Waals surface area (Å²) in [5, 5.41) is 6.29. The zero-order valence-corrected chi connectivity index (χ0v) is 14.5. The Bertz CT molecular complexity index is 1030. The quantitative estimate of drug-likeness (QED) is 0.721. The Morgan fingerprint density at radius 1 is 1.17 bits per heavy atom. The van der Waals surface area contributed by atoms with Crippen molar-refractivity contribution in [2.45, 2.75) is 12.5 Å². The van der Waals surface area contributed by atoms with Crippen LogP contribution in [0.1, 0.15) is 23.0 Å². The van der Waals surface area contributed by atoms with Gasteiger partial charge in [0, 0.05) is 6.42 Å². The second-order valence-electron chi connectivity index (χ2n) is 5.56. The summed E-state index contributed by atoms with van der Waals surface area (Å²) in [5.41, 5.74) is 2.89. The Morgan fingerprint density at radius 3 is 2.67 bits per heavy atom. The Balaban J connectivity index is 1.78. The van der Waals surface area contributed by atoms with Gasteiger partial charge in [-0.2, -0.15) is 9.52 Å².